The lowest BCUT2D eigenvalue weighted by molar-refractivity contribution is 0.318. The van der Waals surface area contributed by atoms with Crippen molar-refractivity contribution in [2.45, 2.75) is 38.5 Å². The van der Waals surface area contributed by atoms with Crippen molar-refractivity contribution in [2.75, 3.05) is 20.3 Å². The van der Waals surface area contributed by atoms with Gasteiger partial charge in [-0.2, -0.15) is 0 Å². The summed E-state index contributed by atoms with van der Waals surface area (Å²) in [7, 11) is -2.03. The normalized spacial score (nSPS) is 11.6. The third kappa shape index (κ3) is 4.77. The van der Waals surface area contributed by atoms with Gasteiger partial charge in [-0.15, -0.1) is 0 Å². The highest BCUT2D eigenvalue weighted by Gasteiger charge is 2.18. The predicted molar refractivity (Wildman–Crippen MR) is 104 cm³/mol. The first kappa shape index (κ1) is 20.3. The third-order valence-corrected chi connectivity index (χ3v) is 5.78. The number of ether oxygens (including phenoxy) is 2. The summed E-state index contributed by atoms with van der Waals surface area (Å²) in [6, 6.07) is 11.2. The maximum Gasteiger partial charge on any atom is 0.240 e. The minimum absolute atomic E-state index is 0.194. The van der Waals surface area contributed by atoms with Gasteiger partial charge in [0.25, 0.3) is 0 Å². The van der Waals surface area contributed by atoms with Crippen LogP contribution in [-0.4, -0.2) is 28.7 Å². The maximum absolute atomic E-state index is 12.6. The van der Waals surface area contributed by atoms with Crippen LogP contribution in [0, 0.1) is 13.8 Å². The number of nitrogens with one attached hydrogen (secondary N) is 1. The SMILES string of the molecule is COc1cc(C)c(S(=O)(=O)NCCOc2ccccc2C(C)C)cc1C. The minimum atomic E-state index is -3.60. The van der Waals surface area contributed by atoms with E-state index in [1.165, 1.54) is 0 Å². The van der Waals surface area contributed by atoms with Crippen LogP contribution in [0.25, 0.3) is 0 Å². The zero-order valence-electron chi connectivity index (χ0n) is 16.0. The minimum Gasteiger partial charge on any atom is -0.496 e. The molecule has 0 aromatic heterocycles. The molecule has 5 nitrogen and oxygen atoms in total. The van der Waals surface area contributed by atoms with Crippen molar-refractivity contribution in [3.63, 3.8) is 0 Å². The van der Waals surface area contributed by atoms with Crippen molar-refractivity contribution in [2.24, 2.45) is 0 Å². The van der Waals surface area contributed by atoms with Crippen LogP contribution in [0.3, 0.4) is 0 Å². The standard InChI is InChI=1S/C20H27NO4S/c1-14(2)17-8-6-7-9-18(17)25-11-10-21-26(22,23)20-13-15(3)19(24-5)12-16(20)4/h6-9,12-14,21H,10-11H2,1-5H3. The lowest BCUT2D eigenvalue weighted by atomic mass is 10.0. The highest BCUT2D eigenvalue weighted by Crippen LogP contribution is 2.26. The summed E-state index contributed by atoms with van der Waals surface area (Å²) in [6.07, 6.45) is 0. The average molecular weight is 378 g/mol. The molecule has 0 aliphatic rings. The summed E-state index contributed by atoms with van der Waals surface area (Å²) < 4.78 is 38.8. The van der Waals surface area contributed by atoms with E-state index in [1.54, 1.807) is 26.2 Å². The number of aryl methyl sites for hydroxylation is 2. The van der Waals surface area contributed by atoms with Gasteiger partial charge < -0.3 is 9.47 Å². The molecule has 142 valence electrons. The summed E-state index contributed by atoms with van der Waals surface area (Å²) in [5.74, 6) is 1.81. The lowest BCUT2D eigenvalue weighted by Gasteiger charge is -2.15. The molecule has 0 saturated carbocycles. The molecule has 26 heavy (non-hydrogen) atoms. The Kier molecular flexibility index (Phi) is 6.67. The molecule has 0 heterocycles. The van der Waals surface area contributed by atoms with Gasteiger partial charge in [-0.25, -0.2) is 13.1 Å². The van der Waals surface area contributed by atoms with Gasteiger partial charge in [0.2, 0.25) is 10.0 Å². The molecule has 1 N–H and O–H groups in total. The lowest BCUT2D eigenvalue weighted by Crippen LogP contribution is -2.29. The van der Waals surface area contributed by atoms with Crippen molar-refractivity contribution in [3.8, 4) is 11.5 Å². The zero-order valence-corrected chi connectivity index (χ0v) is 16.8. The van der Waals surface area contributed by atoms with Crippen LogP contribution in [0.4, 0.5) is 0 Å². The van der Waals surface area contributed by atoms with E-state index in [2.05, 4.69) is 18.6 Å². The van der Waals surface area contributed by atoms with Crippen LogP contribution < -0.4 is 14.2 Å². The predicted octanol–water partition coefficient (Wildman–Crippen LogP) is 3.79. The molecule has 0 saturated heterocycles. The monoisotopic (exact) mass is 377 g/mol. The van der Waals surface area contributed by atoms with Gasteiger partial charge in [-0.1, -0.05) is 32.0 Å². The number of para-hydroxylation sites is 1. The Balaban J connectivity index is 2.03. The Morgan fingerprint density at radius 1 is 1.04 bits per heavy atom. The van der Waals surface area contributed by atoms with Crippen LogP contribution in [0.5, 0.6) is 11.5 Å². The van der Waals surface area contributed by atoms with Crippen molar-refractivity contribution in [1.82, 2.24) is 4.72 Å². The second-order valence-corrected chi connectivity index (χ2v) is 8.26. The summed E-state index contributed by atoms with van der Waals surface area (Å²) in [4.78, 5) is 0.262. The summed E-state index contributed by atoms with van der Waals surface area (Å²) in [5, 5.41) is 0. The average Bonchev–Trinajstić information content (AvgIpc) is 2.60. The van der Waals surface area contributed by atoms with Crippen LogP contribution in [0.1, 0.15) is 36.5 Å². The van der Waals surface area contributed by atoms with Crippen LogP contribution in [0.15, 0.2) is 41.3 Å². The molecular weight excluding hydrogens is 350 g/mol. The van der Waals surface area contributed by atoms with Gasteiger partial charge >= 0.3 is 0 Å². The number of benzene rings is 2. The highest BCUT2D eigenvalue weighted by atomic mass is 32.2. The first-order valence-electron chi connectivity index (χ1n) is 8.63. The van der Waals surface area contributed by atoms with E-state index in [9.17, 15) is 8.42 Å². The molecule has 2 aromatic carbocycles. The van der Waals surface area contributed by atoms with E-state index < -0.39 is 10.0 Å². The van der Waals surface area contributed by atoms with Gasteiger partial charge in [0.1, 0.15) is 18.1 Å². The Morgan fingerprint density at radius 2 is 1.73 bits per heavy atom. The molecule has 0 bridgehead atoms. The van der Waals surface area contributed by atoms with Gasteiger partial charge in [0.05, 0.1) is 12.0 Å². The second kappa shape index (κ2) is 8.56. The molecule has 0 aliphatic heterocycles. The fraction of sp³-hybridized carbons (Fsp3) is 0.400. The number of hydrogen-bond donors (Lipinski definition) is 1. The van der Waals surface area contributed by atoms with Crippen molar-refractivity contribution in [3.05, 3.63) is 53.1 Å². The van der Waals surface area contributed by atoms with Crippen LogP contribution >= 0.6 is 0 Å². The van der Waals surface area contributed by atoms with Crippen molar-refractivity contribution in [1.29, 1.82) is 0 Å². The first-order chi connectivity index (χ1) is 12.3. The van der Waals surface area contributed by atoms with Gasteiger partial charge in [-0.3, -0.25) is 0 Å². The Labute approximate surface area is 156 Å². The van der Waals surface area contributed by atoms with E-state index in [1.807, 2.05) is 31.2 Å². The van der Waals surface area contributed by atoms with E-state index in [4.69, 9.17) is 9.47 Å². The number of sulfonamides is 1. The first-order valence-corrected chi connectivity index (χ1v) is 10.1. The number of rotatable bonds is 8. The molecule has 0 amide bonds. The summed E-state index contributed by atoms with van der Waals surface area (Å²) in [5.41, 5.74) is 2.53. The highest BCUT2D eigenvalue weighted by molar-refractivity contribution is 7.89. The zero-order chi connectivity index (χ0) is 19.3. The molecule has 2 aromatic rings. The van der Waals surface area contributed by atoms with Crippen molar-refractivity contribution < 1.29 is 17.9 Å². The quantitative estimate of drug-likeness (QED) is 0.711. The van der Waals surface area contributed by atoms with Crippen LogP contribution in [-0.2, 0) is 10.0 Å². The topological polar surface area (TPSA) is 64.6 Å². The fourth-order valence-corrected chi connectivity index (χ4v) is 4.10. The van der Waals surface area contributed by atoms with E-state index in [-0.39, 0.29) is 18.0 Å². The molecular formula is C20H27NO4S. The summed E-state index contributed by atoms with van der Waals surface area (Å²) in [6.45, 7) is 8.23. The Hall–Kier alpha value is -2.05. The molecule has 0 spiro atoms. The molecule has 0 aliphatic carbocycles. The van der Waals surface area contributed by atoms with Crippen LogP contribution in [0.2, 0.25) is 0 Å². The molecule has 0 radical (unpaired) electrons. The Morgan fingerprint density at radius 3 is 2.38 bits per heavy atom. The number of hydrogen-bond acceptors (Lipinski definition) is 4. The second-order valence-electron chi connectivity index (χ2n) is 6.53. The van der Waals surface area contributed by atoms with Crippen molar-refractivity contribution >= 4 is 10.0 Å². The van der Waals surface area contributed by atoms with Gasteiger partial charge in [0.15, 0.2) is 0 Å². The number of methoxy groups -OCH3 is 1. The Bertz CT molecular complexity index is 860. The smallest absolute Gasteiger partial charge is 0.240 e. The van der Waals surface area contributed by atoms with Gasteiger partial charge in [-0.05, 0) is 54.7 Å². The molecule has 0 atom stereocenters. The molecule has 0 unspecified atom stereocenters. The molecule has 2 rings (SSSR count). The van der Waals surface area contributed by atoms with E-state index >= 15 is 0 Å². The maximum atomic E-state index is 12.6. The largest absolute Gasteiger partial charge is 0.496 e. The van der Waals surface area contributed by atoms with E-state index in [0.29, 0.717) is 17.2 Å². The third-order valence-electron chi connectivity index (χ3n) is 4.17. The summed E-state index contributed by atoms with van der Waals surface area (Å²) >= 11 is 0. The molecule has 0 fully saturated rings. The fourth-order valence-electron chi connectivity index (χ4n) is 2.78. The van der Waals surface area contributed by atoms with E-state index in [0.717, 1.165) is 16.9 Å². The molecule has 6 heteroatoms. The van der Waals surface area contributed by atoms with Gasteiger partial charge in [0, 0.05) is 6.54 Å².